The second-order valence-electron chi connectivity index (χ2n) is 6.45. The molecule has 0 fully saturated rings. The molecule has 2 aromatic rings. The zero-order valence-electron chi connectivity index (χ0n) is 16.7. The number of esters is 1. The third-order valence-corrected chi connectivity index (χ3v) is 4.79. The van der Waals surface area contributed by atoms with Gasteiger partial charge in [0.15, 0.2) is 6.61 Å². The van der Waals surface area contributed by atoms with Gasteiger partial charge < -0.3 is 19.7 Å². The van der Waals surface area contributed by atoms with Crippen molar-refractivity contribution in [1.82, 2.24) is 10.2 Å². The molecular weight excluding hydrogens is 392 g/mol. The Labute approximate surface area is 174 Å². The Hall–Kier alpha value is -2.87. The number of hydrogen-bond donors (Lipinski definition) is 1. The van der Waals surface area contributed by atoms with E-state index >= 15 is 0 Å². The second-order valence-corrected chi connectivity index (χ2v) is 7.23. The van der Waals surface area contributed by atoms with E-state index in [1.807, 2.05) is 16.8 Å². The Bertz CT molecular complexity index is 790. The van der Waals surface area contributed by atoms with Crippen molar-refractivity contribution in [3.63, 3.8) is 0 Å². The van der Waals surface area contributed by atoms with E-state index in [0.29, 0.717) is 24.5 Å². The lowest BCUT2D eigenvalue weighted by Crippen LogP contribution is -2.34. The van der Waals surface area contributed by atoms with Crippen LogP contribution in [0.4, 0.5) is 0 Å². The molecule has 0 unspecified atom stereocenters. The summed E-state index contributed by atoms with van der Waals surface area (Å²) in [6.45, 7) is 2.50. The number of hydrogen-bond acceptors (Lipinski definition) is 6. The van der Waals surface area contributed by atoms with Crippen LogP contribution >= 0.6 is 11.3 Å². The van der Waals surface area contributed by atoms with Gasteiger partial charge >= 0.3 is 5.97 Å². The summed E-state index contributed by atoms with van der Waals surface area (Å²) < 4.78 is 10.5. The molecule has 1 aromatic carbocycles. The van der Waals surface area contributed by atoms with Gasteiger partial charge in [-0.2, -0.15) is 11.3 Å². The predicted octanol–water partition coefficient (Wildman–Crippen LogP) is 2.86. The molecule has 0 bridgehead atoms. The lowest BCUT2D eigenvalue weighted by molar-refractivity contribution is -0.150. The van der Waals surface area contributed by atoms with Gasteiger partial charge in [-0.05, 0) is 53.1 Å². The van der Waals surface area contributed by atoms with Crippen LogP contribution in [-0.4, -0.2) is 49.5 Å². The Morgan fingerprint density at radius 3 is 2.55 bits per heavy atom. The predicted molar refractivity (Wildman–Crippen MR) is 111 cm³/mol. The highest BCUT2D eigenvalue weighted by molar-refractivity contribution is 7.07. The number of benzene rings is 1. The maximum absolute atomic E-state index is 12.1. The van der Waals surface area contributed by atoms with Crippen LogP contribution in [0.15, 0.2) is 41.1 Å². The van der Waals surface area contributed by atoms with Crippen LogP contribution in [0.1, 0.15) is 35.7 Å². The highest BCUT2D eigenvalue weighted by atomic mass is 32.1. The van der Waals surface area contributed by atoms with Gasteiger partial charge in [0.05, 0.1) is 6.61 Å². The summed E-state index contributed by atoms with van der Waals surface area (Å²) in [5, 5.41) is 6.37. The van der Waals surface area contributed by atoms with Gasteiger partial charge in [0.2, 0.25) is 0 Å². The van der Waals surface area contributed by atoms with Crippen molar-refractivity contribution in [3.8, 4) is 5.75 Å². The summed E-state index contributed by atoms with van der Waals surface area (Å²) >= 11 is 1.55. The summed E-state index contributed by atoms with van der Waals surface area (Å²) in [5.41, 5.74) is 1.43. The first-order valence-corrected chi connectivity index (χ1v) is 10.4. The largest absolute Gasteiger partial charge is 0.494 e. The van der Waals surface area contributed by atoms with E-state index in [1.54, 1.807) is 42.6 Å². The van der Waals surface area contributed by atoms with E-state index in [-0.39, 0.29) is 19.1 Å². The molecule has 2 amide bonds. The average molecular weight is 419 g/mol. The third kappa shape index (κ3) is 7.95. The summed E-state index contributed by atoms with van der Waals surface area (Å²) in [4.78, 5) is 37.4. The van der Waals surface area contributed by atoms with Crippen LogP contribution in [0.3, 0.4) is 0 Å². The van der Waals surface area contributed by atoms with Gasteiger partial charge in [-0.1, -0.05) is 13.3 Å². The van der Waals surface area contributed by atoms with Crippen molar-refractivity contribution >= 4 is 29.1 Å². The Morgan fingerprint density at radius 1 is 1.14 bits per heavy atom. The van der Waals surface area contributed by atoms with E-state index in [0.717, 1.165) is 18.4 Å². The maximum atomic E-state index is 12.1. The number of ether oxygens (including phenoxy) is 2. The first-order valence-electron chi connectivity index (χ1n) is 9.41. The normalized spacial score (nSPS) is 10.3. The van der Waals surface area contributed by atoms with Gasteiger partial charge in [-0.3, -0.25) is 14.4 Å². The molecule has 156 valence electrons. The number of likely N-dealkylation sites (N-methyl/N-ethyl adjacent to an activating group) is 1. The number of nitrogens with zero attached hydrogens (tertiary/aromatic N) is 1. The number of unbranched alkanes of at least 4 members (excludes halogenated alkanes) is 1. The fraction of sp³-hybridized carbons (Fsp3) is 0.381. The van der Waals surface area contributed by atoms with Crippen molar-refractivity contribution in [3.05, 3.63) is 52.2 Å². The van der Waals surface area contributed by atoms with E-state index in [2.05, 4.69) is 12.2 Å². The van der Waals surface area contributed by atoms with Crippen molar-refractivity contribution in [2.24, 2.45) is 0 Å². The zero-order valence-corrected chi connectivity index (χ0v) is 17.5. The maximum Gasteiger partial charge on any atom is 0.325 e. The van der Waals surface area contributed by atoms with E-state index in [4.69, 9.17) is 9.47 Å². The molecule has 1 aromatic heterocycles. The lowest BCUT2D eigenvalue weighted by Gasteiger charge is -2.16. The van der Waals surface area contributed by atoms with Crippen LogP contribution < -0.4 is 10.1 Å². The van der Waals surface area contributed by atoms with Crippen LogP contribution in [0.2, 0.25) is 0 Å². The highest BCUT2D eigenvalue weighted by Gasteiger charge is 2.14. The summed E-state index contributed by atoms with van der Waals surface area (Å²) in [6.07, 6.45) is 2.02. The number of amides is 2. The van der Waals surface area contributed by atoms with Gasteiger partial charge in [0, 0.05) is 19.2 Å². The number of carbonyl (C=O) groups excluding carboxylic acids is 3. The smallest absolute Gasteiger partial charge is 0.325 e. The summed E-state index contributed by atoms with van der Waals surface area (Å²) in [6, 6.07) is 8.62. The molecule has 0 aliphatic rings. The van der Waals surface area contributed by atoms with Crippen molar-refractivity contribution in [2.45, 2.75) is 26.3 Å². The number of nitrogens with one attached hydrogen (secondary N) is 1. The first-order chi connectivity index (χ1) is 14.0. The monoisotopic (exact) mass is 418 g/mol. The van der Waals surface area contributed by atoms with Crippen molar-refractivity contribution < 1.29 is 23.9 Å². The van der Waals surface area contributed by atoms with Crippen LogP contribution in [0, 0.1) is 0 Å². The minimum atomic E-state index is -0.671. The molecule has 0 aliphatic carbocycles. The molecule has 0 saturated carbocycles. The summed E-state index contributed by atoms with van der Waals surface area (Å²) in [5.74, 6) is -0.688. The molecule has 7 nitrogen and oxygen atoms in total. The van der Waals surface area contributed by atoms with Crippen molar-refractivity contribution in [2.75, 3.05) is 26.8 Å². The standard InChI is InChI=1S/C21H26N2O5S/c1-3-4-10-27-18-7-5-17(6-8-18)21(26)22-12-20(25)28-14-19(24)23(2)13-16-9-11-29-15-16/h5-9,11,15H,3-4,10,12-14H2,1-2H3,(H,22,26). The molecule has 0 spiro atoms. The fourth-order valence-corrected chi connectivity index (χ4v) is 3.00. The molecule has 2 rings (SSSR count). The average Bonchev–Trinajstić information content (AvgIpc) is 3.23. The Morgan fingerprint density at radius 2 is 1.90 bits per heavy atom. The molecule has 0 radical (unpaired) electrons. The highest BCUT2D eigenvalue weighted by Crippen LogP contribution is 2.12. The quantitative estimate of drug-likeness (QED) is 0.448. The van der Waals surface area contributed by atoms with Gasteiger partial charge in [0.1, 0.15) is 12.3 Å². The zero-order chi connectivity index (χ0) is 21.1. The SMILES string of the molecule is CCCCOc1ccc(C(=O)NCC(=O)OCC(=O)N(C)Cc2ccsc2)cc1. The molecule has 29 heavy (non-hydrogen) atoms. The molecular formula is C21H26N2O5S. The molecule has 1 heterocycles. The van der Waals surface area contributed by atoms with Crippen LogP contribution in [0.5, 0.6) is 5.75 Å². The number of rotatable bonds is 11. The third-order valence-electron chi connectivity index (χ3n) is 4.06. The molecule has 1 N–H and O–H groups in total. The topological polar surface area (TPSA) is 84.9 Å². The minimum absolute atomic E-state index is 0.310. The molecule has 0 saturated heterocycles. The molecule has 0 atom stereocenters. The molecule has 8 heteroatoms. The van der Waals surface area contributed by atoms with E-state index < -0.39 is 11.9 Å². The number of carbonyl (C=O) groups is 3. The lowest BCUT2D eigenvalue weighted by atomic mass is 10.2. The minimum Gasteiger partial charge on any atom is -0.494 e. The van der Waals surface area contributed by atoms with Gasteiger partial charge in [0.25, 0.3) is 11.8 Å². The van der Waals surface area contributed by atoms with Crippen LogP contribution in [0.25, 0.3) is 0 Å². The van der Waals surface area contributed by atoms with Crippen LogP contribution in [-0.2, 0) is 20.9 Å². The fourth-order valence-electron chi connectivity index (χ4n) is 2.34. The van der Waals surface area contributed by atoms with Crippen molar-refractivity contribution in [1.29, 1.82) is 0 Å². The van der Waals surface area contributed by atoms with E-state index in [9.17, 15) is 14.4 Å². The number of thiophene rings is 1. The first kappa shape index (κ1) is 22.4. The van der Waals surface area contributed by atoms with Gasteiger partial charge in [-0.25, -0.2) is 0 Å². The summed E-state index contributed by atoms with van der Waals surface area (Å²) in [7, 11) is 1.64. The Kier molecular flexibility index (Phi) is 9.17. The molecule has 0 aliphatic heterocycles. The van der Waals surface area contributed by atoms with E-state index in [1.165, 1.54) is 4.90 Å². The second kappa shape index (κ2) is 11.9. The Balaban J connectivity index is 1.68. The van der Waals surface area contributed by atoms with Gasteiger partial charge in [-0.15, -0.1) is 0 Å².